The van der Waals surface area contributed by atoms with Gasteiger partial charge in [0.2, 0.25) is 0 Å². The first-order valence-corrected chi connectivity index (χ1v) is 9.63. The quantitative estimate of drug-likeness (QED) is 0.821. The third kappa shape index (κ3) is 2.61. The van der Waals surface area contributed by atoms with E-state index < -0.39 is 11.4 Å². The summed E-state index contributed by atoms with van der Waals surface area (Å²) in [5, 5.41) is 19.3. The zero-order chi connectivity index (χ0) is 17.7. The molecule has 0 aliphatic heterocycles. The Hall–Kier alpha value is -0.900. The van der Waals surface area contributed by atoms with Gasteiger partial charge in [0.1, 0.15) is 5.78 Å². The lowest BCUT2D eigenvalue weighted by molar-refractivity contribution is -0.149. The van der Waals surface area contributed by atoms with Crippen LogP contribution in [0.15, 0.2) is 0 Å². The maximum absolute atomic E-state index is 12.7. The summed E-state index contributed by atoms with van der Waals surface area (Å²) in [5.41, 5.74) is -0.283. The monoisotopic (exact) mass is 336 g/mol. The summed E-state index contributed by atoms with van der Waals surface area (Å²) in [6, 6.07) is 0. The van der Waals surface area contributed by atoms with Crippen molar-refractivity contribution in [3.8, 4) is 0 Å². The molecule has 0 aromatic rings. The highest BCUT2D eigenvalue weighted by molar-refractivity contribution is 5.86. The predicted octanol–water partition coefficient (Wildman–Crippen LogP) is 3.66. The van der Waals surface area contributed by atoms with Gasteiger partial charge in [-0.3, -0.25) is 9.59 Å². The topological polar surface area (TPSA) is 74.6 Å². The number of carboxylic acids is 1. The van der Waals surface area contributed by atoms with Gasteiger partial charge in [-0.15, -0.1) is 0 Å². The maximum atomic E-state index is 12.7. The second-order valence-corrected chi connectivity index (χ2v) is 9.12. The molecule has 0 spiro atoms. The number of ketones is 1. The van der Waals surface area contributed by atoms with Gasteiger partial charge in [0.25, 0.3) is 0 Å². The first kappa shape index (κ1) is 17.9. The fraction of sp³-hybridized carbons (Fsp3) is 0.900. The molecule has 24 heavy (non-hydrogen) atoms. The van der Waals surface area contributed by atoms with Crippen LogP contribution in [0.4, 0.5) is 0 Å². The van der Waals surface area contributed by atoms with E-state index in [9.17, 15) is 14.7 Å². The highest BCUT2D eigenvalue weighted by Crippen LogP contribution is 2.65. The van der Waals surface area contributed by atoms with E-state index in [2.05, 4.69) is 6.92 Å². The van der Waals surface area contributed by atoms with E-state index in [1.165, 1.54) is 0 Å². The van der Waals surface area contributed by atoms with Gasteiger partial charge in [0, 0.05) is 18.3 Å². The first-order chi connectivity index (χ1) is 11.2. The summed E-state index contributed by atoms with van der Waals surface area (Å²) in [4.78, 5) is 23.8. The van der Waals surface area contributed by atoms with Gasteiger partial charge in [-0.05, 0) is 74.5 Å². The van der Waals surface area contributed by atoms with Crippen LogP contribution in [0.25, 0.3) is 0 Å². The molecule has 4 heteroatoms. The molecule has 0 radical (unpaired) electrons. The number of hydrogen-bond donors (Lipinski definition) is 2. The van der Waals surface area contributed by atoms with Crippen molar-refractivity contribution >= 4 is 11.8 Å². The first-order valence-electron chi connectivity index (χ1n) is 9.63. The SMILES string of the molecule is C[C@@H](O)[C@H]1CC[C@H]2[C@H]3CCC(=O)[C@@](C)(CCC(=O)O)[C@@H]3CC[C@]12C. The minimum atomic E-state index is -0.804. The lowest BCUT2D eigenvalue weighted by atomic mass is 9.48. The van der Waals surface area contributed by atoms with Crippen LogP contribution >= 0.6 is 0 Å². The molecular weight excluding hydrogens is 304 g/mol. The van der Waals surface area contributed by atoms with E-state index in [4.69, 9.17) is 5.11 Å². The largest absolute Gasteiger partial charge is 0.481 e. The Bertz CT molecular complexity index is 528. The van der Waals surface area contributed by atoms with Crippen LogP contribution in [-0.2, 0) is 9.59 Å². The number of fused-ring (bicyclic) bond motifs is 3. The normalized spacial score (nSPS) is 46.2. The van der Waals surface area contributed by atoms with E-state index in [1.807, 2.05) is 13.8 Å². The van der Waals surface area contributed by atoms with Crippen LogP contribution in [0.1, 0.15) is 72.1 Å². The summed E-state index contributed by atoms with van der Waals surface area (Å²) in [6.45, 7) is 6.30. The molecule has 7 atom stereocenters. The number of hydrogen-bond acceptors (Lipinski definition) is 3. The highest BCUT2D eigenvalue weighted by Gasteiger charge is 2.59. The summed E-state index contributed by atoms with van der Waals surface area (Å²) in [5.74, 6) is 1.26. The van der Waals surface area contributed by atoms with Crippen LogP contribution in [0, 0.1) is 34.5 Å². The minimum Gasteiger partial charge on any atom is -0.481 e. The molecule has 3 saturated carbocycles. The summed E-state index contributed by atoms with van der Waals surface area (Å²) in [7, 11) is 0. The Morgan fingerprint density at radius 1 is 1.21 bits per heavy atom. The van der Waals surface area contributed by atoms with Crippen molar-refractivity contribution in [2.45, 2.75) is 78.2 Å². The molecule has 3 fully saturated rings. The number of carboxylic acid groups (broad SMARTS) is 1. The predicted molar refractivity (Wildman–Crippen MR) is 91.4 cm³/mol. The van der Waals surface area contributed by atoms with Crippen molar-refractivity contribution in [1.82, 2.24) is 0 Å². The number of rotatable bonds is 4. The summed E-state index contributed by atoms with van der Waals surface area (Å²) < 4.78 is 0. The fourth-order valence-electron chi connectivity index (χ4n) is 6.80. The van der Waals surface area contributed by atoms with Gasteiger partial charge in [-0.25, -0.2) is 0 Å². The number of aliphatic hydroxyl groups is 1. The lowest BCUT2D eigenvalue weighted by Crippen LogP contribution is -2.53. The Morgan fingerprint density at radius 2 is 1.92 bits per heavy atom. The molecule has 3 aliphatic carbocycles. The Labute approximate surface area is 145 Å². The molecule has 0 heterocycles. The average Bonchev–Trinajstić information content (AvgIpc) is 2.86. The molecule has 0 unspecified atom stereocenters. The van der Waals surface area contributed by atoms with Gasteiger partial charge in [0.15, 0.2) is 0 Å². The van der Waals surface area contributed by atoms with Gasteiger partial charge in [-0.1, -0.05) is 13.8 Å². The van der Waals surface area contributed by atoms with E-state index in [1.54, 1.807) is 0 Å². The molecule has 0 bridgehead atoms. The molecule has 3 rings (SSSR count). The Morgan fingerprint density at radius 3 is 2.54 bits per heavy atom. The van der Waals surface area contributed by atoms with Crippen LogP contribution in [0.3, 0.4) is 0 Å². The number of carbonyl (C=O) groups is 2. The number of aliphatic carboxylic acids is 1. The van der Waals surface area contributed by atoms with Crippen molar-refractivity contribution in [1.29, 1.82) is 0 Å². The van der Waals surface area contributed by atoms with E-state index in [0.717, 1.165) is 32.1 Å². The van der Waals surface area contributed by atoms with E-state index >= 15 is 0 Å². The van der Waals surface area contributed by atoms with E-state index in [-0.39, 0.29) is 23.7 Å². The molecule has 0 saturated heterocycles. The highest BCUT2D eigenvalue weighted by atomic mass is 16.4. The number of Topliss-reactive ketones (excluding diaryl/α,β-unsaturated/α-hetero) is 1. The number of aliphatic hydroxyl groups excluding tert-OH is 1. The van der Waals surface area contributed by atoms with Crippen LogP contribution < -0.4 is 0 Å². The van der Waals surface area contributed by atoms with Crippen LogP contribution in [0.2, 0.25) is 0 Å². The third-order valence-electron chi connectivity index (χ3n) is 8.11. The average molecular weight is 336 g/mol. The second kappa shape index (κ2) is 6.12. The maximum Gasteiger partial charge on any atom is 0.303 e. The van der Waals surface area contributed by atoms with Gasteiger partial charge >= 0.3 is 5.97 Å². The standard InChI is InChI=1S/C20H32O4/c1-12(21)14-5-6-15-13-4-7-17(22)20(3,11-9-18(23)24)16(13)8-10-19(14,15)2/h12-16,21H,4-11H2,1-3H3,(H,23,24)/t12-,13-,14-,15+,16-,19-,20+/m1/s1. The van der Waals surface area contributed by atoms with Crippen molar-refractivity contribution < 1.29 is 19.8 Å². The van der Waals surface area contributed by atoms with Crippen molar-refractivity contribution in [3.63, 3.8) is 0 Å². The van der Waals surface area contributed by atoms with Crippen LogP contribution in [-0.4, -0.2) is 28.1 Å². The van der Waals surface area contributed by atoms with Gasteiger partial charge in [0.05, 0.1) is 6.10 Å². The van der Waals surface area contributed by atoms with Crippen molar-refractivity contribution in [3.05, 3.63) is 0 Å². The smallest absolute Gasteiger partial charge is 0.303 e. The number of carbonyl (C=O) groups excluding carboxylic acids is 1. The zero-order valence-electron chi connectivity index (χ0n) is 15.3. The molecular formula is C20H32O4. The van der Waals surface area contributed by atoms with Gasteiger partial charge in [-0.2, -0.15) is 0 Å². The molecule has 0 amide bonds. The Kier molecular flexibility index (Phi) is 4.57. The molecule has 0 aromatic heterocycles. The zero-order valence-corrected chi connectivity index (χ0v) is 15.3. The fourth-order valence-corrected chi connectivity index (χ4v) is 6.80. The minimum absolute atomic E-state index is 0.0870. The molecule has 4 nitrogen and oxygen atoms in total. The second-order valence-electron chi connectivity index (χ2n) is 9.12. The third-order valence-corrected chi connectivity index (χ3v) is 8.11. The van der Waals surface area contributed by atoms with Crippen molar-refractivity contribution in [2.24, 2.45) is 34.5 Å². The van der Waals surface area contributed by atoms with E-state index in [0.29, 0.717) is 36.5 Å². The summed E-state index contributed by atoms with van der Waals surface area (Å²) >= 11 is 0. The molecule has 3 aliphatic rings. The lowest BCUT2D eigenvalue weighted by Gasteiger charge is -2.56. The van der Waals surface area contributed by atoms with Crippen LogP contribution in [0.5, 0.6) is 0 Å². The molecule has 2 N–H and O–H groups in total. The summed E-state index contributed by atoms with van der Waals surface area (Å²) in [6.07, 6.45) is 6.16. The molecule has 136 valence electrons. The Balaban J connectivity index is 1.86. The molecule has 0 aromatic carbocycles. The van der Waals surface area contributed by atoms with Crippen molar-refractivity contribution in [2.75, 3.05) is 0 Å². The van der Waals surface area contributed by atoms with Gasteiger partial charge < -0.3 is 10.2 Å².